The maximum atomic E-state index is 12.5. The van der Waals surface area contributed by atoms with Crippen molar-refractivity contribution < 1.29 is 23.9 Å². The second-order valence-corrected chi connectivity index (χ2v) is 7.87. The van der Waals surface area contributed by atoms with E-state index >= 15 is 0 Å². The van der Waals surface area contributed by atoms with Crippen molar-refractivity contribution in [2.75, 3.05) is 13.7 Å². The fourth-order valence-corrected chi connectivity index (χ4v) is 4.54. The van der Waals surface area contributed by atoms with Crippen LogP contribution in [0.15, 0.2) is 38.6 Å². The zero-order chi connectivity index (χ0) is 19.4. The van der Waals surface area contributed by atoms with Gasteiger partial charge in [-0.15, -0.1) is 0 Å². The molecule has 0 spiro atoms. The number of rotatable bonds is 6. The molecule has 6 nitrogen and oxygen atoms in total. The zero-order valence-electron chi connectivity index (χ0n) is 14.0. The molecule has 1 aromatic rings. The molecule has 0 N–H and O–H groups in total. The van der Waals surface area contributed by atoms with E-state index in [0.29, 0.717) is 26.9 Å². The van der Waals surface area contributed by atoms with Crippen LogP contribution in [0.3, 0.4) is 0 Å². The van der Waals surface area contributed by atoms with Gasteiger partial charge in [-0.1, -0.05) is 12.7 Å². The number of methoxy groups -OCH3 is 1. The molecule has 1 saturated heterocycles. The molecule has 9 heteroatoms. The summed E-state index contributed by atoms with van der Waals surface area (Å²) >= 11 is 7.62. The van der Waals surface area contributed by atoms with E-state index < -0.39 is 23.2 Å². The molecule has 1 aliphatic heterocycles. The van der Waals surface area contributed by atoms with Gasteiger partial charge >= 0.3 is 5.97 Å². The van der Waals surface area contributed by atoms with Gasteiger partial charge in [0.05, 0.1) is 21.0 Å². The van der Waals surface area contributed by atoms with Gasteiger partial charge in [0.1, 0.15) is 18.4 Å². The average molecular weight is 505 g/mol. The molecule has 1 aromatic carbocycles. The summed E-state index contributed by atoms with van der Waals surface area (Å²) in [5, 5.41) is -0.511. The molecular formula is C17H15Br2NO5S. The highest BCUT2D eigenvalue weighted by molar-refractivity contribution is 9.11. The van der Waals surface area contributed by atoms with Gasteiger partial charge in [-0.3, -0.25) is 14.5 Å². The molecule has 26 heavy (non-hydrogen) atoms. The number of ether oxygens (including phenoxy) is 2. The third kappa shape index (κ3) is 4.39. The molecule has 0 radical (unpaired) electrons. The van der Waals surface area contributed by atoms with E-state index in [1.54, 1.807) is 24.3 Å². The third-order valence-corrected chi connectivity index (χ3v) is 5.48. The summed E-state index contributed by atoms with van der Waals surface area (Å²) in [7, 11) is 1.21. The molecule has 1 fully saturated rings. The Bertz CT molecular complexity index is 785. The molecule has 0 saturated carbocycles. The van der Waals surface area contributed by atoms with E-state index in [2.05, 4.69) is 43.2 Å². The summed E-state index contributed by atoms with van der Waals surface area (Å²) in [6, 6.07) is 2.55. The van der Waals surface area contributed by atoms with Gasteiger partial charge in [-0.2, -0.15) is 0 Å². The lowest BCUT2D eigenvalue weighted by atomic mass is 10.2. The Kier molecular flexibility index (Phi) is 7.08. The van der Waals surface area contributed by atoms with E-state index in [0.717, 1.165) is 16.7 Å². The van der Waals surface area contributed by atoms with Crippen molar-refractivity contribution >= 4 is 66.8 Å². The molecule has 2 amide bonds. The number of esters is 1. The molecule has 0 aromatic heterocycles. The van der Waals surface area contributed by atoms with Crippen LogP contribution in [-0.4, -0.2) is 41.8 Å². The number of hydrogen-bond donors (Lipinski definition) is 0. The molecule has 1 heterocycles. The Labute approximate surface area is 171 Å². The van der Waals surface area contributed by atoms with E-state index in [4.69, 9.17) is 4.74 Å². The first-order valence-electron chi connectivity index (χ1n) is 7.37. The molecule has 2 rings (SSSR count). The van der Waals surface area contributed by atoms with E-state index in [1.807, 2.05) is 0 Å². The average Bonchev–Trinajstić information content (AvgIpc) is 2.86. The van der Waals surface area contributed by atoms with E-state index in [9.17, 15) is 14.4 Å². The van der Waals surface area contributed by atoms with Crippen LogP contribution < -0.4 is 4.74 Å². The van der Waals surface area contributed by atoms with Crippen molar-refractivity contribution in [3.8, 4) is 5.75 Å². The minimum atomic E-state index is -0.980. The van der Waals surface area contributed by atoms with E-state index in [-0.39, 0.29) is 4.91 Å². The van der Waals surface area contributed by atoms with Crippen molar-refractivity contribution in [3.63, 3.8) is 0 Å². The predicted molar refractivity (Wildman–Crippen MR) is 107 cm³/mol. The Morgan fingerprint density at radius 3 is 2.50 bits per heavy atom. The number of halogens is 2. The molecule has 0 bridgehead atoms. The SMILES string of the molecule is C=CCOc1c(Br)cc(/C=C2\SC(=O)N([C@@H](C)C(=O)OC)C2=O)cc1Br. The normalized spacial score (nSPS) is 16.8. The summed E-state index contributed by atoms with van der Waals surface area (Å²) < 4.78 is 11.5. The second kappa shape index (κ2) is 8.88. The van der Waals surface area contributed by atoms with Crippen LogP contribution in [0, 0.1) is 0 Å². The topological polar surface area (TPSA) is 72.9 Å². The van der Waals surface area contributed by atoms with Crippen molar-refractivity contribution in [3.05, 3.63) is 44.2 Å². The first-order valence-corrected chi connectivity index (χ1v) is 9.78. The summed E-state index contributed by atoms with van der Waals surface area (Å²) in [4.78, 5) is 37.4. The van der Waals surface area contributed by atoms with Gasteiger partial charge in [0.2, 0.25) is 0 Å². The maximum Gasteiger partial charge on any atom is 0.328 e. The van der Waals surface area contributed by atoms with Crippen LogP contribution in [0.1, 0.15) is 12.5 Å². The zero-order valence-corrected chi connectivity index (χ0v) is 17.9. The van der Waals surface area contributed by atoms with Gasteiger partial charge in [0.15, 0.2) is 0 Å². The van der Waals surface area contributed by atoms with Crippen LogP contribution in [-0.2, 0) is 14.3 Å². The lowest BCUT2D eigenvalue weighted by Gasteiger charge is -2.18. The van der Waals surface area contributed by atoms with Gasteiger partial charge in [0.25, 0.3) is 11.1 Å². The first kappa shape index (κ1) is 20.7. The van der Waals surface area contributed by atoms with Crippen molar-refractivity contribution in [2.24, 2.45) is 0 Å². The Morgan fingerprint density at radius 2 is 1.96 bits per heavy atom. The number of carbonyl (C=O) groups is 3. The van der Waals surface area contributed by atoms with Crippen LogP contribution in [0.5, 0.6) is 5.75 Å². The highest BCUT2D eigenvalue weighted by Crippen LogP contribution is 2.38. The smallest absolute Gasteiger partial charge is 0.328 e. The molecule has 0 unspecified atom stereocenters. The van der Waals surface area contributed by atoms with Gasteiger partial charge in [-0.25, -0.2) is 4.79 Å². The standard InChI is InChI=1S/C17H15Br2NO5S/c1-4-5-25-14-11(18)6-10(7-12(14)19)8-13-15(21)20(17(23)26-13)9(2)16(22)24-3/h4,6-9H,1,5H2,2-3H3/b13-8-/t9-/m0/s1. The van der Waals surface area contributed by atoms with Gasteiger partial charge in [-0.05, 0) is 74.3 Å². The van der Waals surface area contributed by atoms with Gasteiger partial charge in [0, 0.05) is 0 Å². The Balaban J connectivity index is 2.30. The van der Waals surface area contributed by atoms with E-state index in [1.165, 1.54) is 14.0 Å². The number of amides is 2. The number of hydrogen-bond acceptors (Lipinski definition) is 6. The molecule has 0 aliphatic carbocycles. The summed E-state index contributed by atoms with van der Waals surface area (Å²) in [6.07, 6.45) is 3.22. The van der Waals surface area contributed by atoms with Crippen molar-refractivity contribution in [2.45, 2.75) is 13.0 Å². The molecule has 1 aliphatic rings. The highest BCUT2D eigenvalue weighted by atomic mass is 79.9. The summed E-state index contributed by atoms with van der Waals surface area (Å²) in [5.74, 6) is -0.575. The quantitative estimate of drug-likeness (QED) is 0.325. The Hall–Kier alpha value is -1.58. The lowest BCUT2D eigenvalue weighted by molar-refractivity contribution is -0.148. The Morgan fingerprint density at radius 1 is 1.35 bits per heavy atom. The number of thioether (sulfide) groups is 1. The minimum absolute atomic E-state index is 0.226. The monoisotopic (exact) mass is 503 g/mol. The number of carbonyl (C=O) groups excluding carboxylic acids is 3. The first-order chi connectivity index (χ1) is 12.3. The fourth-order valence-electron chi connectivity index (χ4n) is 2.18. The van der Waals surface area contributed by atoms with Gasteiger partial charge < -0.3 is 9.47 Å². The summed E-state index contributed by atoms with van der Waals surface area (Å²) in [6.45, 7) is 5.40. The van der Waals surface area contributed by atoms with Crippen LogP contribution >= 0.6 is 43.6 Å². The van der Waals surface area contributed by atoms with Crippen molar-refractivity contribution in [1.82, 2.24) is 4.90 Å². The third-order valence-electron chi connectivity index (χ3n) is 3.42. The fraction of sp³-hybridized carbons (Fsp3) is 0.235. The largest absolute Gasteiger partial charge is 0.487 e. The maximum absolute atomic E-state index is 12.5. The predicted octanol–water partition coefficient (Wildman–Crippen LogP) is 4.37. The molecule has 138 valence electrons. The second-order valence-electron chi connectivity index (χ2n) is 5.16. The number of benzene rings is 1. The van der Waals surface area contributed by atoms with Crippen LogP contribution in [0.4, 0.5) is 4.79 Å². The number of imide groups is 1. The summed E-state index contributed by atoms with van der Waals surface area (Å²) in [5.41, 5.74) is 0.686. The highest BCUT2D eigenvalue weighted by Gasteiger charge is 2.41. The lowest BCUT2D eigenvalue weighted by Crippen LogP contribution is -2.42. The molecule has 1 atom stereocenters. The minimum Gasteiger partial charge on any atom is -0.487 e. The van der Waals surface area contributed by atoms with Crippen LogP contribution in [0.25, 0.3) is 6.08 Å². The molecular weight excluding hydrogens is 490 g/mol. The van der Waals surface area contributed by atoms with Crippen molar-refractivity contribution in [1.29, 1.82) is 0 Å². The van der Waals surface area contributed by atoms with Crippen LogP contribution in [0.2, 0.25) is 0 Å². The number of nitrogens with zero attached hydrogens (tertiary/aromatic N) is 1.